The van der Waals surface area contributed by atoms with Crippen molar-refractivity contribution in [3.05, 3.63) is 0 Å². The van der Waals surface area contributed by atoms with E-state index in [9.17, 15) is 9.59 Å². The van der Waals surface area contributed by atoms with Crippen molar-refractivity contribution in [3.8, 4) is 0 Å². The molecule has 1 rings (SSSR count). The maximum atomic E-state index is 11.9. The number of nitrogens with zero attached hydrogens (tertiary/aromatic N) is 1. The fourth-order valence-electron chi connectivity index (χ4n) is 2.45. The molecule has 0 radical (unpaired) electrons. The van der Waals surface area contributed by atoms with Gasteiger partial charge in [0.1, 0.15) is 0 Å². The molecule has 0 aromatic rings. The molecule has 1 heterocycles. The zero-order chi connectivity index (χ0) is 13.5. The van der Waals surface area contributed by atoms with Crippen LogP contribution in [0.15, 0.2) is 0 Å². The second-order valence-electron chi connectivity index (χ2n) is 4.85. The maximum Gasteiger partial charge on any atom is 0.225 e. The van der Waals surface area contributed by atoms with Gasteiger partial charge >= 0.3 is 0 Å². The molecule has 0 aliphatic carbocycles. The summed E-state index contributed by atoms with van der Waals surface area (Å²) in [7, 11) is 0. The molecule has 1 atom stereocenters. The van der Waals surface area contributed by atoms with E-state index in [1.807, 2.05) is 4.90 Å². The second-order valence-corrected chi connectivity index (χ2v) is 4.85. The molecule has 5 nitrogen and oxygen atoms in total. The van der Waals surface area contributed by atoms with Gasteiger partial charge in [-0.15, -0.1) is 12.4 Å². The minimum atomic E-state index is -0.184. The van der Waals surface area contributed by atoms with E-state index in [-0.39, 0.29) is 36.2 Å². The van der Waals surface area contributed by atoms with Crippen molar-refractivity contribution in [2.75, 3.05) is 19.6 Å². The fraction of sp³-hybridized carbons (Fsp3) is 0.846. The number of rotatable bonds is 7. The van der Waals surface area contributed by atoms with Crippen LogP contribution < -0.4 is 11.1 Å². The number of nitrogens with one attached hydrogen (secondary N) is 1. The van der Waals surface area contributed by atoms with Crippen LogP contribution in [0.4, 0.5) is 0 Å². The van der Waals surface area contributed by atoms with E-state index < -0.39 is 0 Å². The first-order valence-electron chi connectivity index (χ1n) is 6.91. The fourth-order valence-corrected chi connectivity index (χ4v) is 2.45. The van der Waals surface area contributed by atoms with Crippen molar-refractivity contribution < 1.29 is 9.59 Å². The molecule has 0 saturated carbocycles. The van der Waals surface area contributed by atoms with Gasteiger partial charge in [0, 0.05) is 25.6 Å². The Morgan fingerprint density at radius 3 is 2.63 bits per heavy atom. The van der Waals surface area contributed by atoms with Crippen molar-refractivity contribution in [1.29, 1.82) is 0 Å². The summed E-state index contributed by atoms with van der Waals surface area (Å²) in [6, 6.07) is 0.277. The minimum absolute atomic E-state index is 0. The molecule has 6 heteroatoms. The van der Waals surface area contributed by atoms with E-state index in [2.05, 4.69) is 19.2 Å². The first-order valence-corrected chi connectivity index (χ1v) is 6.91. The maximum absolute atomic E-state index is 11.9. The summed E-state index contributed by atoms with van der Waals surface area (Å²) in [6.07, 6.45) is 3.03. The molecule has 3 N–H and O–H groups in total. The van der Waals surface area contributed by atoms with Crippen LogP contribution in [-0.2, 0) is 9.59 Å². The van der Waals surface area contributed by atoms with Crippen LogP contribution in [0.25, 0.3) is 0 Å². The molecule has 1 aliphatic heterocycles. The predicted molar refractivity (Wildman–Crippen MR) is 78.1 cm³/mol. The summed E-state index contributed by atoms with van der Waals surface area (Å²) < 4.78 is 0. The summed E-state index contributed by atoms with van der Waals surface area (Å²) in [4.78, 5) is 25.7. The largest absolute Gasteiger partial charge is 0.356 e. The van der Waals surface area contributed by atoms with Crippen molar-refractivity contribution in [3.63, 3.8) is 0 Å². The summed E-state index contributed by atoms with van der Waals surface area (Å²) >= 11 is 0. The average Bonchev–Trinajstić information content (AvgIpc) is 2.74. The Morgan fingerprint density at radius 2 is 2.11 bits per heavy atom. The number of carbonyl (C=O) groups excluding carboxylic acids is 2. The van der Waals surface area contributed by atoms with Gasteiger partial charge < -0.3 is 16.0 Å². The quantitative estimate of drug-likeness (QED) is 0.685. The van der Waals surface area contributed by atoms with Crippen LogP contribution in [-0.4, -0.2) is 42.4 Å². The van der Waals surface area contributed by atoms with Gasteiger partial charge in [0.2, 0.25) is 11.8 Å². The molecule has 0 bridgehead atoms. The van der Waals surface area contributed by atoms with Gasteiger partial charge in [0.25, 0.3) is 0 Å². The topological polar surface area (TPSA) is 75.4 Å². The molecule has 2 amide bonds. The van der Waals surface area contributed by atoms with E-state index in [0.29, 0.717) is 26.1 Å². The van der Waals surface area contributed by atoms with Crippen LogP contribution in [0.2, 0.25) is 0 Å². The number of hydrogen-bond donors (Lipinski definition) is 2. The van der Waals surface area contributed by atoms with Gasteiger partial charge in [0.05, 0.1) is 5.92 Å². The van der Waals surface area contributed by atoms with Crippen LogP contribution in [0.1, 0.15) is 39.5 Å². The molecule has 0 aromatic carbocycles. The highest BCUT2D eigenvalue weighted by Gasteiger charge is 2.36. The number of carbonyl (C=O) groups is 2. The third-order valence-electron chi connectivity index (χ3n) is 3.59. The van der Waals surface area contributed by atoms with Crippen molar-refractivity contribution in [2.45, 2.75) is 45.6 Å². The van der Waals surface area contributed by atoms with Crippen LogP contribution in [0.3, 0.4) is 0 Å². The number of amides is 2. The molecule has 112 valence electrons. The number of nitrogens with two attached hydrogens (primary N) is 1. The minimum Gasteiger partial charge on any atom is -0.356 e. The van der Waals surface area contributed by atoms with Crippen LogP contribution >= 0.6 is 12.4 Å². The molecule has 1 aliphatic rings. The zero-order valence-electron chi connectivity index (χ0n) is 11.9. The lowest BCUT2D eigenvalue weighted by atomic mass is 10.1. The lowest BCUT2D eigenvalue weighted by Gasteiger charge is -2.26. The van der Waals surface area contributed by atoms with E-state index in [4.69, 9.17) is 5.73 Å². The Hall–Kier alpha value is -0.810. The van der Waals surface area contributed by atoms with Crippen molar-refractivity contribution in [1.82, 2.24) is 10.2 Å². The third kappa shape index (κ3) is 4.99. The van der Waals surface area contributed by atoms with Gasteiger partial charge in [-0.05, 0) is 25.8 Å². The molecule has 19 heavy (non-hydrogen) atoms. The first kappa shape index (κ1) is 18.2. The number of likely N-dealkylation sites (tertiary alicyclic amines) is 1. The lowest BCUT2D eigenvalue weighted by molar-refractivity contribution is -0.130. The SMILES string of the molecule is CCC(CC)N1CC(C(=O)NCCCN)CC1=O.Cl. The van der Waals surface area contributed by atoms with E-state index in [1.165, 1.54) is 0 Å². The van der Waals surface area contributed by atoms with Gasteiger partial charge in [0.15, 0.2) is 0 Å². The highest BCUT2D eigenvalue weighted by atomic mass is 35.5. The molecule has 0 aromatic heterocycles. The Labute approximate surface area is 121 Å². The Morgan fingerprint density at radius 1 is 1.47 bits per heavy atom. The van der Waals surface area contributed by atoms with E-state index >= 15 is 0 Å². The number of halogens is 1. The lowest BCUT2D eigenvalue weighted by Crippen LogP contribution is -2.38. The molecule has 0 spiro atoms. The molecule has 1 saturated heterocycles. The second kappa shape index (κ2) is 9.15. The average molecular weight is 292 g/mol. The Kier molecular flexibility index (Phi) is 8.76. The van der Waals surface area contributed by atoms with Crippen LogP contribution in [0.5, 0.6) is 0 Å². The van der Waals surface area contributed by atoms with E-state index in [0.717, 1.165) is 19.3 Å². The molecule has 1 unspecified atom stereocenters. The Balaban J connectivity index is 0.00000324. The monoisotopic (exact) mass is 291 g/mol. The summed E-state index contributed by atoms with van der Waals surface area (Å²) in [6.45, 7) is 5.90. The zero-order valence-corrected chi connectivity index (χ0v) is 12.7. The molecule has 1 fully saturated rings. The summed E-state index contributed by atoms with van der Waals surface area (Å²) in [5.74, 6) is -0.0798. The Bertz CT molecular complexity index is 296. The predicted octanol–water partition coefficient (Wildman–Crippen LogP) is 0.910. The normalized spacial score (nSPS) is 18.6. The molecular formula is C13H26ClN3O2. The highest BCUT2D eigenvalue weighted by molar-refractivity contribution is 5.89. The molecular weight excluding hydrogens is 266 g/mol. The summed E-state index contributed by atoms with van der Waals surface area (Å²) in [5, 5.41) is 2.84. The van der Waals surface area contributed by atoms with E-state index in [1.54, 1.807) is 0 Å². The van der Waals surface area contributed by atoms with Gasteiger partial charge in [-0.2, -0.15) is 0 Å². The smallest absolute Gasteiger partial charge is 0.225 e. The first-order chi connectivity index (χ1) is 8.63. The van der Waals surface area contributed by atoms with Gasteiger partial charge in [-0.25, -0.2) is 0 Å². The van der Waals surface area contributed by atoms with Gasteiger partial charge in [-0.3, -0.25) is 9.59 Å². The van der Waals surface area contributed by atoms with Crippen molar-refractivity contribution >= 4 is 24.2 Å². The standard InChI is InChI=1S/C13H25N3O2.ClH/c1-3-11(4-2)16-9-10(8-12(16)17)13(18)15-7-5-6-14;/h10-11H,3-9,14H2,1-2H3,(H,15,18);1H. The summed E-state index contributed by atoms with van der Waals surface area (Å²) in [5.41, 5.74) is 5.37. The van der Waals surface area contributed by atoms with Gasteiger partial charge in [-0.1, -0.05) is 13.8 Å². The van der Waals surface area contributed by atoms with Crippen LogP contribution in [0, 0.1) is 5.92 Å². The van der Waals surface area contributed by atoms with Crippen molar-refractivity contribution in [2.24, 2.45) is 11.7 Å². The number of hydrogen-bond acceptors (Lipinski definition) is 3. The highest BCUT2D eigenvalue weighted by Crippen LogP contribution is 2.23. The third-order valence-corrected chi connectivity index (χ3v) is 3.59.